The minimum Gasteiger partial charge on any atom is -0.213 e. The molecule has 0 unspecified atom stereocenters. The van der Waals surface area contributed by atoms with Gasteiger partial charge in [-0.05, 0) is 18.1 Å². The van der Waals surface area contributed by atoms with Crippen LogP contribution in [-0.2, 0) is 16.6 Å². The fourth-order valence-electron chi connectivity index (χ4n) is 1.14. The predicted octanol–water partition coefficient (Wildman–Crippen LogP) is 1.39. The molecule has 0 radical (unpaired) electrons. The van der Waals surface area contributed by atoms with Crippen LogP contribution in [0.3, 0.4) is 0 Å². The van der Waals surface area contributed by atoms with E-state index in [1.54, 1.807) is 7.05 Å². The van der Waals surface area contributed by atoms with E-state index in [0.717, 1.165) is 11.1 Å². The molecule has 1 aromatic rings. The largest absolute Gasteiger partial charge is 0.213 e. The van der Waals surface area contributed by atoms with Gasteiger partial charge < -0.3 is 0 Å². The molecule has 0 aliphatic carbocycles. The average molecular weight is 213 g/mol. The highest BCUT2D eigenvalue weighted by Gasteiger charge is 2.11. The fraction of sp³-hybridized carbons (Fsp3) is 0.400. The van der Waals surface area contributed by atoms with Crippen molar-refractivity contribution in [1.82, 2.24) is 4.31 Å². The van der Waals surface area contributed by atoms with E-state index in [9.17, 15) is 8.42 Å². The molecular weight excluding hydrogens is 198 g/mol. The summed E-state index contributed by atoms with van der Waals surface area (Å²) >= 11 is 0. The zero-order valence-electron chi connectivity index (χ0n) is 8.69. The van der Waals surface area contributed by atoms with E-state index in [0.29, 0.717) is 6.54 Å². The van der Waals surface area contributed by atoms with Crippen LogP contribution in [0.4, 0.5) is 0 Å². The molecule has 78 valence electrons. The standard InChI is InChI=1S/C10H15NO2S/c1-9-6-4-5-7-10(9)8-11(2)14(3,12)13/h4-7H,8H2,1-3H3. The molecule has 0 aromatic heterocycles. The molecule has 1 rings (SSSR count). The molecule has 0 bridgehead atoms. The Balaban J connectivity index is 2.85. The molecule has 4 heteroatoms. The van der Waals surface area contributed by atoms with E-state index in [1.807, 2.05) is 31.2 Å². The molecule has 14 heavy (non-hydrogen) atoms. The Morgan fingerprint density at radius 3 is 2.36 bits per heavy atom. The quantitative estimate of drug-likeness (QED) is 0.761. The first-order chi connectivity index (χ1) is 6.41. The third-order valence-corrected chi connectivity index (χ3v) is 3.48. The van der Waals surface area contributed by atoms with Crippen molar-refractivity contribution in [3.63, 3.8) is 0 Å². The minimum absolute atomic E-state index is 0.436. The molecule has 3 nitrogen and oxygen atoms in total. The molecule has 0 N–H and O–H groups in total. The summed E-state index contributed by atoms with van der Waals surface area (Å²) < 4.78 is 23.7. The van der Waals surface area contributed by atoms with E-state index in [4.69, 9.17) is 0 Å². The molecule has 1 aromatic carbocycles. The normalized spacial score (nSPS) is 12.0. The van der Waals surface area contributed by atoms with Crippen molar-refractivity contribution in [3.8, 4) is 0 Å². The zero-order valence-corrected chi connectivity index (χ0v) is 9.50. The Bertz CT molecular complexity index is 412. The van der Waals surface area contributed by atoms with E-state index in [-0.39, 0.29) is 0 Å². The second kappa shape index (κ2) is 4.11. The third-order valence-electron chi connectivity index (χ3n) is 2.22. The number of nitrogens with zero attached hydrogens (tertiary/aromatic N) is 1. The van der Waals surface area contributed by atoms with Crippen LogP contribution in [0.5, 0.6) is 0 Å². The number of aryl methyl sites for hydroxylation is 1. The summed E-state index contributed by atoms with van der Waals surface area (Å²) in [4.78, 5) is 0. The van der Waals surface area contributed by atoms with Gasteiger partial charge in [0, 0.05) is 13.6 Å². The predicted molar refractivity (Wildman–Crippen MR) is 57.5 cm³/mol. The van der Waals surface area contributed by atoms with Crippen molar-refractivity contribution in [2.75, 3.05) is 13.3 Å². The molecule has 0 saturated heterocycles. The van der Waals surface area contributed by atoms with Crippen molar-refractivity contribution in [3.05, 3.63) is 35.4 Å². The lowest BCUT2D eigenvalue weighted by Gasteiger charge is -2.15. The monoisotopic (exact) mass is 213 g/mol. The van der Waals surface area contributed by atoms with Gasteiger partial charge in [0.25, 0.3) is 0 Å². The first kappa shape index (κ1) is 11.2. The summed E-state index contributed by atoms with van der Waals surface area (Å²) in [6.45, 7) is 2.41. The van der Waals surface area contributed by atoms with Gasteiger partial charge in [-0.25, -0.2) is 12.7 Å². The maximum atomic E-state index is 11.2. The number of sulfonamides is 1. The molecular formula is C10H15NO2S. The Hall–Kier alpha value is -0.870. The highest BCUT2D eigenvalue weighted by atomic mass is 32.2. The van der Waals surface area contributed by atoms with Crippen LogP contribution in [-0.4, -0.2) is 26.0 Å². The Morgan fingerprint density at radius 2 is 1.86 bits per heavy atom. The van der Waals surface area contributed by atoms with Crippen LogP contribution in [0.2, 0.25) is 0 Å². The summed E-state index contributed by atoms with van der Waals surface area (Å²) in [7, 11) is -1.50. The van der Waals surface area contributed by atoms with Crippen LogP contribution in [0.15, 0.2) is 24.3 Å². The van der Waals surface area contributed by atoms with E-state index in [2.05, 4.69) is 0 Å². The van der Waals surface area contributed by atoms with Gasteiger partial charge in [-0.3, -0.25) is 0 Å². The molecule has 0 aliphatic rings. The van der Waals surface area contributed by atoms with Gasteiger partial charge in [0.1, 0.15) is 0 Å². The zero-order chi connectivity index (χ0) is 10.8. The van der Waals surface area contributed by atoms with Crippen molar-refractivity contribution < 1.29 is 8.42 Å². The topological polar surface area (TPSA) is 37.4 Å². The summed E-state index contributed by atoms with van der Waals surface area (Å²) in [5.74, 6) is 0. The summed E-state index contributed by atoms with van der Waals surface area (Å²) in [5.41, 5.74) is 2.16. The van der Waals surface area contributed by atoms with Crippen LogP contribution in [0.1, 0.15) is 11.1 Å². The van der Waals surface area contributed by atoms with Crippen molar-refractivity contribution in [2.24, 2.45) is 0 Å². The molecule has 0 atom stereocenters. The van der Waals surface area contributed by atoms with E-state index < -0.39 is 10.0 Å². The molecule has 0 saturated carbocycles. The van der Waals surface area contributed by atoms with Gasteiger partial charge in [-0.1, -0.05) is 24.3 Å². The van der Waals surface area contributed by atoms with Gasteiger partial charge in [0.05, 0.1) is 6.26 Å². The highest BCUT2D eigenvalue weighted by molar-refractivity contribution is 7.88. The number of rotatable bonds is 3. The molecule has 0 fully saturated rings. The van der Waals surface area contributed by atoms with Gasteiger partial charge in [-0.2, -0.15) is 0 Å². The lowest BCUT2D eigenvalue weighted by molar-refractivity contribution is 0.471. The van der Waals surface area contributed by atoms with Crippen molar-refractivity contribution in [2.45, 2.75) is 13.5 Å². The smallest absolute Gasteiger partial charge is 0.211 e. The van der Waals surface area contributed by atoms with Gasteiger partial charge in [0.2, 0.25) is 10.0 Å². The number of hydrogen-bond donors (Lipinski definition) is 0. The summed E-state index contributed by atoms with van der Waals surface area (Å²) in [5, 5.41) is 0. The lowest BCUT2D eigenvalue weighted by Crippen LogP contribution is -2.25. The SMILES string of the molecule is Cc1ccccc1CN(C)S(C)(=O)=O. The van der Waals surface area contributed by atoms with Crippen molar-refractivity contribution >= 4 is 10.0 Å². The number of benzene rings is 1. The van der Waals surface area contributed by atoms with Gasteiger partial charge in [-0.15, -0.1) is 0 Å². The molecule has 0 heterocycles. The molecule has 0 amide bonds. The highest BCUT2D eigenvalue weighted by Crippen LogP contribution is 2.10. The maximum absolute atomic E-state index is 11.2. The van der Waals surface area contributed by atoms with E-state index >= 15 is 0 Å². The van der Waals surface area contributed by atoms with E-state index in [1.165, 1.54) is 10.6 Å². The maximum Gasteiger partial charge on any atom is 0.211 e. The van der Waals surface area contributed by atoms with Crippen molar-refractivity contribution in [1.29, 1.82) is 0 Å². The summed E-state index contributed by atoms with van der Waals surface area (Å²) in [6, 6.07) is 7.78. The lowest BCUT2D eigenvalue weighted by atomic mass is 10.1. The Morgan fingerprint density at radius 1 is 1.29 bits per heavy atom. The molecule has 0 aliphatic heterocycles. The number of hydrogen-bond acceptors (Lipinski definition) is 2. The first-order valence-electron chi connectivity index (χ1n) is 4.37. The Labute approximate surface area is 85.4 Å². The van der Waals surface area contributed by atoms with Crippen LogP contribution < -0.4 is 0 Å². The first-order valence-corrected chi connectivity index (χ1v) is 6.22. The average Bonchev–Trinajstić information content (AvgIpc) is 2.07. The van der Waals surface area contributed by atoms with Crippen LogP contribution in [0.25, 0.3) is 0 Å². The Kier molecular flexibility index (Phi) is 3.29. The van der Waals surface area contributed by atoms with Crippen LogP contribution in [0, 0.1) is 6.92 Å². The molecule has 0 spiro atoms. The summed E-state index contributed by atoms with van der Waals surface area (Å²) in [6.07, 6.45) is 1.21. The van der Waals surface area contributed by atoms with Crippen LogP contribution >= 0.6 is 0 Å². The third kappa shape index (κ3) is 2.82. The van der Waals surface area contributed by atoms with Gasteiger partial charge in [0.15, 0.2) is 0 Å². The second-order valence-electron chi connectivity index (χ2n) is 3.45. The minimum atomic E-state index is -3.08. The fourth-order valence-corrected chi connectivity index (χ4v) is 1.52. The second-order valence-corrected chi connectivity index (χ2v) is 5.53. The van der Waals surface area contributed by atoms with Gasteiger partial charge >= 0.3 is 0 Å².